The lowest BCUT2D eigenvalue weighted by Crippen LogP contribution is -2.30. The third-order valence-electron chi connectivity index (χ3n) is 4.37. The molecule has 0 saturated heterocycles. The Balaban J connectivity index is 1.55. The van der Waals surface area contributed by atoms with Gasteiger partial charge in [0.1, 0.15) is 5.82 Å². The van der Waals surface area contributed by atoms with E-state index in [1.54, 1.807) is 11.8 Å². The smallest absolute Gasteiger partial charge is 0.274 e. The Kier molecular flexibility index (Phi) is 5.38. The van der Waals surface area contributed by atoms with Crippen molar-refractivity contribution < 1.29 is 4.79 Å². The van der Waals surface area contributed by atoms with Crippen LogP contribution in [0.4, 0.5) is 0 Å². The van der Waals surface area contributed by atoms with Crippen molar-refractivity contribution in [2.45, 2.75) is 12.5 Å². The Morgan fingerprint density at radius 3 is 2.75 bits per heavy atom. The SMILES string of the molecule is CSCCC(NC(=O)c1cnn(-c2ccccc2)n1)c1nc2ccccc2[nH]1. The summed E-state index contributed by atoms with van der Waals surface area (Å²) in [5, 5.41) is 11.6. The molecule has 1 unspecified atom stereocenters. The monoisotopic (exact) mass is 392 g/mol. The van der Waals surface area contributed by atoms with Crippen LogP contribution < -0.4 is 5.32 Å². The molecule has 0 aliphatic heterocycles. The van der Waals surface area contributed by atoms with E-state index in [0.717, 1.165) is 34.7 Å². The summed E-state index contributed by atoms with van der Waals surface area (Å²) in [5.74, 6) is 1.38. The molecule has 0 radical (unpaired) electrons. The Labute approximate surface area is 166 Å². The molecule has 2 heterocycles. The first-order chi connectivity index (χ1) is 13.7. The predicted molar refractivity (Wildman–Crippen MR) is 111 cm³/mol. The van der Waals surface area contributed by atoms with E-state index in [-0.39, 0.29) is 17.6 Å². The fourth-order valence-electron chi connectivity index (χ4n) is 2.94. The van der Waals surface area contributed by atoms with Gasteiger partial charge in [0.15, 0.2) is 5.69 Å². The zero-order valence-electron chi connectivity index (χ0n) is 15.4. The molecule has 0 fully saturated rings. The molecule has 0 aliphatic rings. The van der Waals surface area contributed by atoms with Crippen molar-refractivity contribution in [1.29, 1.82) is 0 Å². The molecule has 0 bridgehead atoms. The summed E-state index contributed by atoms with van der Waals surface area (Å²) in [6, 6.07) is 17.1. The average Bonchev–Trinajstić information content (AvgIpc) is 3.39. The number of rotatable bonds is 7. The molecule has 1 amide bonds. The molecule has 0 saturated carbocycles. The molecule has 4 rings (SSSR count). The summed E-state index contributed by atoms with van der Waals surface area (Å²) in [6.07, 6.45) is 4.29. The van der Waals surface area contributed by atoms with Gasteiger partial charge in [-0.3, -0.25) is 4.79 Å². The Bertz CT molecular complexity index is 1040. The second-order valence-electron chi connectivity index (χ2n) is 6.30. The average molecular weight is 392 g/mol. The topological polar surface area (TPSA) is 88.5 Å². The molecule has 142 valence electrons. The van der Waals surface area contributed by atoms with Crippen LogP contribution in [0.2, 0.25) is 0 Å². The maximum absolute atomic E-state index is 12.8. The van der Waals surface area contributed by atoms with Gasteiger partial charge in [-0.05, 0) is 42.7 Å². The van der Waals surface area contributed by atoms with Crippen LogP contribution in [0.15, 0.2) is 60.8 Å². The fraction of sp³-hybridized carbons (Fsp3) is 0.200. The first kappa shape index (κ1) is 18.2. The molecule has 1 atom stereocenters. The third-order valence-corrected chi connectivity index (χ3v) is 5.01. The zero-order valence-corrected chi connectivity index (χ0v) is 16.2. The lowest BCUT2D eigenvalue weighted by molar-refractivity contribution is 0.0928. The van der Waals surface area contributed by atoms with Gasteiger partial charge in [0.05, 0.1) is 29.0 Å². The zero-order chi connectivity index (χ0) is 19.3. The second-order valence-corrected chi connectivity index (χ2v) is 7.29. The molecular weight excluding hydrogens is 372 g/mol. The van der Waals surface area contributed by atoms with Crippen LogP contribution in [0.3, 0.4) is 0 Å². The number of thioether (sulfide) groups is 1. The number of hydrogen-bond donors (Lipinski definition) is 2. The van der Waals surface area contributed by atoms with Crippen molar-refractivity contribution in [3.8, 4) is 5.69 Å². The quantitative estimate of drug-likeness (QED) is 0.503. The molecule has 2 aromatic heterocycles. The molecule has 0 aliphatic carbocycles. The van der Waals surface area contributed by atoms with Crippen molar-refractivity contribution in [2.75, 3.05) is 12.0 Å². The van der Waals surface area contributed by atoms with Crippen molar-refractivity contribution >= 4 is 28.7 Å². The highest BCUT2D eigenvalue weighted by molar-refractivity contribution is 7.98. The molecule has 7 nitrogen and oxygen atoms in total. The summed E-state index contributed by atoms with van der Waals surface area (Å²) < 4.78 is 0. The van der Waals surface area contributed by atoms with Crippen LogP contribution in [0.25, 0.3) is 16.7 Å². The number of carbonyl (C=O) groups excluding carboxylic acids is 1. The minimum Gasteiger partial charge on any atom is -0.341 e. The number of para-hydroxylation sites is 3. The Morgan fingerprint density at radius 1 is 1.18 bits per heavy atom. The van der Waals surface area contributed by atoms with E-state index >= 15 is 0 Å². The summed E-state index contributed by atoms with van der Waals surface area (Å²) in [7, 11) is 0. The van der Waals surface area contributed by atoms with Crippen LogP contribution >= 0.6 is 11.8 Å². The van der Waals surface area contributed by atoms with Gasteiger partial charge in [-0.15, -0.1) is 5.10 Å². The number of aromatic nitrogens is 5. The molecule has 0 spiro atoms. The highest BCUT2D eigenvalue weighted by Crippen LogP contribution is 2.20. The summed E-state index contributed by atoms with van der Waals surface area (Å²) in [4.78, 5) is 22.2. The number of aromatic amines is 1. The van der Waals surface area contributed by atoms with E-state index in [1.165, 1.54) is 11.0 Å². The Morgan fingerprint density at radius 2 is 1.96 bits per heavy atom. The molecule has 2 aromatic carbocycles. The number of carbonyl (C=O) groups is 1. The minimum absolute atomic E-state index is 0.228. The van der Waals surface area contributed by atoms with Gasteiger partial charge in [-0.1, -0.05) is 30.3 Å². The van der Waals surface area contributed by atoms with E-state index in [0.29, 0.717) is 0 Å². The molecule has 4 aromatic rings. The van der Waals surface area contributed by atoms with Gasteiger partial charge in [-0.25, -0.2) is 4.98 Å². The summed E-state index contributed by atoms with van der Waals surface area (Å²) in [6.45, 7) is 0. The third kappa shape index (κ3) is 3.91. The number of amides is 1. The van der Waals surface area contributed by atoms with Crippen molar-refractivity contribution in [2.24, 2.45) is 0 Å². The highest BCUT2D eigenvalue weighted by atomic mass is 32.2. The van der Waals surface area contributed by atoms with E-state index in [1.807, 2.05) is 60.9 Å². The van der Waals surface area contributed by atoms with Crippen LogP contribution in [0.1, 0.15) is 28.8 Å². The maximum atomic E-state index is 12.8. The van der Waals surface area contributed by atoms with Crippen LogP contribution in [-0.4, -0.2) is 42.9 Å². The van der Waals surface area contributed by atoms with E-state index in [2.05, 4.69) is 25.5 Å². The van der Waals surface area contributed by atoms with Crippen molar-refractivity contribution in [1.82, 2.24) is 30.3 Å². The standard InChI is InChI=1S/C20H20N6OS/c1-28-12-11-17(19-22-15-9-5-6-10-16(15)23-19)24-20(27)18-13-21-26(25-18)14-7-3-2-4-8-14/h2-10,13,17H,11-12H2,1H3,(H,22,23)(H,24,27). The molecule has 8 heteroatoms. The van der Waals surface area contributed by atoms with Crippen molar-refractivity contribution in [3.63, 3.8) is 0 Å². The summed E-state index contributed by atoms with van der Waals surface area (Å²) >= 11 is 1.73. The number of benzene rings is 2. The van der Waals surface area contributed by atoms with Gasteiger partial charge in [0.25, 0.3) is 5.91 Å². The van der Waals surface area contributed by atoms with E-state index < -0.39 is 0 Å². The number of fused-ring (bicyclic) bond motifs is 1. The lowest BCUT2D eigenvalue weighted by atomic mass is 10.2. The number of nitrogens with one attached hydrogen (secondary N) is 2. The Hall–Kier alpha value is -3.13. The number of nitrogens with zero attached hydrogens (tertiary/aromatic N) is 4. The second kappa shape index (κ2) is 8.26. The van der Waals surface area contributed by atoms with Crippen molar-refractivity contribution in [3.05, 3.63) is 72.3 Å². The first-order valence-corrected chi connectivity index (χ1v) is 10.4. The molecule has 2 N–H and O–H groups in total. The molecule has 28 heavy (non-hydrogen) atoms. The van der Waals surface area contributed by atoms with Gasteiger partial charge in [-0.2, -0.15) is 21.7 Å². The maximum Gasteiger partial charge on any atom is 0.274 e. The van der Waals surface area contributed by atoms with Crippen LogP contribution in [-0.2, 0) is 0 Å². The van der Waals surface area contributed by atoms with E-state index in [4.69, 9.17) is 0 Å². The predicted octanol–water partition coefficient (Wildman–Crippen LogP) is 3.37. The highest BCUT2D eigenvalue weighted by Gasteiger charge is 2.21. The number of H-pyrrole nitrogens is 1. The van der Waals surface area contributed by atoms with E-state index in [9.17, 15) is 4.79 Å². The van der Waals surface area contributed by atoms with Gasteiger partial charge in [0, 0.05) is 0 Å². The van der Waals surface area contributed by atoms with Crippen LogP contribution in [0, 0.1) is 0 Å². The fourth-order valence-corrected chi connectivity index (χ4v) is 3.41. The van der Waals surface area contributed by atoms with Gasteiger partial charge in [0.2, 0.25) is 0 Å². The first-order valence-electron chi connectivity index (χ1n) is 8.97. The normalized spacial score (nSPS) is 12.2. The number of hydrogen-bond acceptors (Lipinski definition) is 5. The van der Waals surface area contributed by atoms with Crippen LogP contribution in [0.5, 0.6) is 0 Å². The minimum atomic E-state index is -0.270. The summed E-state index contributed by atoms with van der Waals surface area (Å²) in [5.41, 5.74) is 2.92. The molecular formula is C20H20N6OS. The largest absolute Gasteiger partial charge is 0.341 e. The van der Waals surface area contributed by atoms with Gasteiger partial charge >= 0.3 is 0 Å². The lowest BCUT2D eigenvalue weighted by Gasteiger charge is -2.15. The van der Waals surface area contributed by atoms with Gasteiger partial charge < -0.3 is 10.3 Å². The number of imidazole rings is 1.